The summed E-state index contributed by atoms with van der Waals surface area (Å²) in [5.74, 6) is 0.0518. The second-order valence-electron chi connectivity index (χ2n) is 7.02. The standard InChI is InChI=1S/C22H23ClN4O/c1-16-21(17(2)27(24-16)18-8-4-3-5-9-18)22(28)26-14-12-25(13-15-26)20-11-7-6-10-19(20)23/h3-11H,12-15H2,1-2H3. The summed E-state index contributed by atoms with van der Waals surface area (Å²) in [5, 5.41) is 5.36. The Hall–Kier alpha value is -2.79. The highest BCUT2D eigenvalue weighted by Gasteiger charge is 2.27. The van der Waals surface area contributed by atoms with Gasteiger partial charge in [0, 0.05) is 26.2 Å². The molecule has 0 atom stereocenters. The van der Waals surface area contributed by atoms with E-state index in [1.165, 1.54) is 0 Å². The molecule has 4 rings (SSSR count). The molecule has 1 amide bonds. The van der Waals surface area contributed by atoms with Gasteiger partial charge >= 0.3 is 0 Å². The third-order valence-corrected chi connectivity index (χ3v) is 5.59. The van der Waals surface area contributed by atoms with E-state index in [2.05, 4.69) is 10.00 Å². The van der Waals surface area contributed by atoms with E-state index in [0.29, 0.717) is 18.7 Å². The van der Waals surface area contributed by atoms with E-state index in [4.69, 9.17) is 11.6 Å². The van der Waals surface area contributed by atoms with Crippen LogP contribution in [0.4, 0.5) is 5.69 Å². The van der Waals surface area contributed by atoms with E-state index in [9.17, 15) is 4.79 Å². The minimum absolute atomic E-state index is 0.0518. The summed E-state index contributed by atoms with van der Waals surface area (Å²) in [6, 6.07) is 17.8. The van der Waals surface area contributed by atoms with Crippen LogP contribution in [0.5, 0.6) is 0 Å². The van der Waals surface area contributed by atoms with Crippen LogP contribution in [-0.4, -0.2) is 46.8 Å². The molecule has 0 radical (unpaired) electrons. The quantitative estimate of drug-likeness (QED) is 0.671. The number of hydrogen-bond donors (Lipinski definition) is 0. The topological polar surface area (TPSA) is 41.4 Å². The maximum absolute atomic E-state index is 13.2. The molecule has 1 aliphatic rings. The Kier molecular flexibility index (Phi) is 5.09. The summed E-state index contributed by atoms with van der Waals surface area (Å²) in [5.41, 5.74) is 4.34. The highest BCUT2D eigenvalue weighted by Crippen LogP contribution is 2.27. The first-order valence-corrected chi connectivity index (χ1v) is 9.84. The van der Waals surface area contributed by atoms with Gasteiger partial charge in [-0.05, 0) is 38.1 Å². The van der Waals surface area contributed by atoms with Crippen molar-refractivity contribution in [2.45, 2.75) is 13.8 Å². The van der Waals surface area contributed by atoms with E-state index >= 15 is 0 Å². The highest BCUT2D eigenvalue weighted by molar-refractivity contribution is 6.33. The Morgan fingerprint density at radius 1 is 0.929 bits per heavy atom. The lowest BCUT2D eigenvalue weighted by molar-refractivity contribution is 0.0745. The van der Waals surface area contributed by atoms with Gasteiger partial charge in [0.25, 0.3) is 5.91 Å². The molecule has 1 saturated heterocycles. The average Bonchev–Trinajstić information content (AvgIpc) is 3.03. The third kappa shape index (κ3) is 3.38. The van der Waals surface area contributed by atoms with Crippen LogP contribution in [0.2, 0.25) is 5.02 Å². The van der Waals surface area contributed by atoms with E-state index in [1.54, 1.807) is 0 Å². The lowest BCUT2D eigenvalue weighted by atomic mass is 10.1. The van der Waals surface area contributed by atoms with Gasteiger partial charge in [-0.2, -0.15) is 5.10 Å². The van der Waals surface area contributed by atoms with Gasteiger partial charge in [0.1, 0.15) is 0 Å². The van der Waals surface area contributed by atoms with E-state index in [-0.39, 0.29) is 5.91 Å². The van der Waals surface area contributed by atoms with Crippen LogP contribution in [-0.2, 0) is 0 Å². The van der Waals surface area contributed by atoms with Crippen LogP contribution in [0.1, 0.15) is 21.7 Å². The number of aryl methyl sites for hydroxylation is 1. The first kappa shape index (κ1) is 18.6. The molecule has 1 aliphatic heterocycles. The van der Waals surface area contributed by atoms with Crippen LogP contribution in [0, 0.1) is 13.8 Å². The maximum atomic E-state index is 13.2. The van der Waals surface area contributed by atoms with Gasteiger partial charge in [-0.15, -0.1) is 0 Å². The van der Waals surface area contributed by atoms with Gasteiger partial charge in [0.15, 0.2) is 0 Å². The number of benzene rings is 2. The summed E-state index contributed by atoms with van der Waals surface area (Å²) in [6.07, 6.45) is 0. The molecule has 0 spiro atoms. The fourth-order valence-electron chi connectivity index (χ4n) is 3.79. The van der Waals surface area contributed by atoms with Crippen LogP contribution in [0.15, 0.2) is 54.6 Å². The summed E-state index contributed by atoms with van der Waals surface area (Å²) < 4.78 is 1.85. The number of para-hydroxylation sites is 2. The van der Waals surface area contributed by atoms with Crippen molar-refractivity contribution in [3.63, 3.8) is 0 Å². The number of aromatic nitrogens is 2. The monoisotopic (exact) mass is 394 g/mol. The first-order valence-electron chi connectivity index (χ1n) is 9.46. The van der Waals surface area contributed by atoms with Crippen LogP contribution in [0.25, 0.3) is 5.69 Å². The molecule has 2 heterocycles. The SMILES string of the molecule is Cc1nn(-c2ccccc2)c(C)c1C(=O)N1CCN(c2ccccc2Cl)CC1. The highest BCUT2D eigenvalue weighted by atomic mass is 35.5. The van der Waals surface area contributed by atoms with Crippen LogP contribution in [0.3, 0.4) is 0 Å². The second kappa shape index (κ2) is 7.68. The number of piperazine rings is 1. The Balaban J connectivity index is 1.52. The Morgan fingerprint density at radius 3 is 2.25 bits per heavy atom. The normalized spacial score (nSPS) is 14.4. The van der Waals surface area contributed by atoms with Crippen LogP contribution < -0.4 is 4.90 Å². The number of carbonyl (C=O) groups excluding carboxylic acids is 1. The van der Waals surface area contributed by atoms with E-state index < -0.39 is 0 Å². The molecule has 0 saturated carbocycles. The van der Waals surface area contributed by atoms with Crippen molar-refractivity contribution in [2.24, 2.45) is 0 Å². The van der Waals surface area contributed by atoms with E-state index in [0.717, 1.165) is 40.9 Å². The smallest absolute Gasteiger partial charge is 0.257 e. The molecular weight excluding hydrogens is 372 g/mol. The Morgan fingerprint density at radius 2 is 1.57 bits per heavy atom. The largest absolute Gasteiger partial charge is 0.367 e. The number of carbonyl (C=O) groups is 1. The summed E-state index contributed by atoms with van der Waals surface area (Å²) >= 11 is 6.32. The summed E-state index contributed by atoms with van der Waals surface area (Å²) in [4.78, 5) is 17.4. The van der Waals surface area contributed by atoms with Gasteiger partial charge in [-0.3, -0.25) is 4.79 Å². The van der Waals surface area contributed by atoms with Crippen molar-refractivity contribution in [1.29, 1.82) is 0 Å². The predicted molar refractivity (Wildman–Crippen MR) is 113 cm³/mol. The zero-order chi connectivity index (χ0) is 19.7. The van der Waals surface area contributed by atoms with Gasteiger partial charge in [0.05, 0.1) is 33.3 Å². The average molecular weight is 395 g/mol. The van der Waals surface area contributed by atoms with E-state index in [1.807, 2.05) is 78.0 Å². The fraction of sp³-hybridized carbons (Fsp3) is 0.273. The minimum Gasteiger partial charge on any atom is -0.367 e. The number of hydrogen-bond acceptors (Lipinski definition) is 3. The van der Waals surface area contributed by atoms with Gasteiger partial charge in [-0.25, -0.2) is 4.68 Å². The Labute approximate surface area is 170 Å². The number of rotatable bonds is 3. The number of amides is 1. The molecule has 6 heteroatoms. The molecule has 5 nitrogen and oxygen atoms in total. The molecule has 3 aromatic rings. The number of halogens is 1. The fourth-order valence-corrected chi connectivity index (χ4v) is 4.04. The van der Waals surface area contributed by atoms with Gasteiger partial charge in [0.2, 0.25) is 0 Å². The zero-order valence-electron chi connectivity index (χ0n) is 16.1. The molecule has 0 bridgehead atoms. The summed E-state index contributed by atoms with van der Waals surface area (Å²) in [6.45, 7) is 6.72. The van der Waals surface area contributed by atoms with Crippen molar-refractivity contribution < 1.29 is 4.79 Å². The molecule has 1 aromatic heterocycles. The second-order valence-corrected chi connectivity index (χ2v) is 7.43. The lowest BCUT2D eigenvalue weighted by Gasteiger charge is -2.36. The van der Waals surface area contributed by atoms with Gasteiger partial charge < -0.3 is 9.80 Å². The third-order valence-electron chi connectivity index (χ3n) is 5.27. The molecule has 1 fully saturated rings. The minimum atomic E-state index is 0.0518. The van der Waals surface area contributed by atoms with Crippen molar-refractivity contribution in [2.75, 3.05) is 31.1 Å². The first-order chi connectivity index (χ1) is 13.6. The zero-order valence-corrected chi connectivity index (χ0v) is 16.9. The summed E-state index contributed by atoms with van der Waals surface area (Å²) in [7, 11) is 0. The van der Waals surface area contributed by atoms with Crippen molar-refractivity contribution >= 4 is 23.2 Å². The molecule has 144 valence electrons. The molecule has 0 N–H and O–H groups in total. The maximum Gasteiger partial charge on any atom is 0.257 e. The van der Waals surface area contributed by atoms with Crippen molar-refractivity contribution in [3.8, 4) is 5.69 Å². The lowest BCUT2D eigenvalue weighted by Crippen LogP contribution is -2.49. The Bertz CT molecular complexity index is 991. The molecule has 28 heavy (non-hydrogen) atoms. The molecule has 0 aliphatic carbocycles. The van der Waals surface area contributed by atoms with Crippen molar-refractivity contribution in [3.05, 3.63) is 76.6 Å². The van der Waals surface area contributed by atoms with Crippen molar-refractivity contribution in [1.82, 2.24) is 14.7 Å². The van der Waals surface area contributed by atoms with Gasteiger partial charge in [-0.1, -0.05) is 41.9 Å². The molecule has 0 unspecified atom stereocenters. The molecule has 2 aromatic carbocycles. The predicted octanol–water partition coefficient (Wildman–Crippen LogP) is 4.10. The van der Waals surface area contributed by atoms with Crippen LogP contribution >= 0.6 is 11.6 Å². The number of anilines is 1. The molecular formula is C22H23ClN4O. The number of nitrogens with zero attached hydrogens (tertiary/aromatic N) is 4.